The van der Waals surface area contributed by atoms with Crippen LogP contribution in [0.2, 0.25) is 0 Å². The fourth-order valence-electron chi connectivity index (χ4n) is 2.21. The van der Waals surface area contributed by atoms with E-state index >= 15 is 0 Å². The number of carbonyl (C=O) groups excluding carboxylic acids is 1. The molecule has 3 N–H and O–H groups in total. The second kappa shape index (κ2) is 5.33. The predicted molar refractivity (Wildman–Crippen MR) is 67.6 cm³/mol. The van der Waals surface area contributed by atoms with E-state index < -0.39 is 11.6 Å². The second-order valence-corrected chi connectivity index (χ2v) is 5.53. The van der Waals surface area contributed by atoms with Gasteiger partial charge in [-0.3, -0.25) is 4.79 Å². The summed E-state index contributed by atoms with van der Waals surface area (Å²) in [5.41, 5.74) is 5.17. The molecule has 3 atom stereocenters. The van der Waals surface area contributed by atoms with E-state index in [0.717, 1.165) is 6.54 Å². The lowest BCUT2D eigenvalue weighted by Crippen LogP contribution is -2.55. The van der Waals surface area contributed by atoms with Gasteiger partial charge in [-0.05, 0) is 33.9 Å². The molecule has 1 rings (SSSR count). The molecule has 1 aliphatic rings. The zero-order valence-corrected chi connectivity index (χ0v) is 11.3. The molecule has 1 saturated heterocycles. The Labute approximate surface area is 104 Å². The van der Waals surface area contributed by atoms with Gasteiger partial charge >= 0.3 is 0 Å². The minimum Gasteiger partial charge on any atom is -0.391 e. The molecule has 0 saturated carbocycles. The molecule has 0 aliphatic carbocycles. The Bertz CT molecular complexity index is 279. The molecule has 1 fully saturated rings. The number of hydrogen-bond acceptors (Lipinski definition) is 4. The molecule has 0 spiro atoms. The first-order valence-corrected chi connectivity index (χ1v) is 6.20. The first kappa shape index (κ1) is 14.4. The second-order valence-electron chi connectivity index (χ2n) is 5.53. The number of carbonyl (C=O) groups is 1. The molecular weight excluding hydrogens is 218 g/mol. The number of β-amino-alcohol motifs (C(OH)–C–C–N with tert-alkyl or cyclic N) is 1. The lowest BCUT2D eigenvalue weighted by Gasteiger charge is -2.33. The number of likely N-dealkylation sites (N-methyl/N-ethyl adjacent to an activating group) is 1. The summed E-state index contributed by atoms with van der Waals surface area (Å²) in [5.74, 6) is -0.0524. The summed E-state index contributed by atoms with van der Waals surface area (Å²) in [6.45, 7) is 4.84. The summed E-state index contributed by atoms with van der Waals surface area (Å²) >= 11 is 0. The van der Waals surface area contributed by atoms with Crippen molar-refractivity contribution in [3.05, 3.63) is 0 Å². The lowest BCUT2D eigenvalue weighted by molar-refractivity contribution is -0.137. The summed E-state index contributed by atoms with van der Waals surface area (Å²) in [6, 6.07) is 0.0712. The van der Waals surface area contributed by atoms with Crippen LogP contribution in [0.3, 0.4) is 0 Å². The van der Waals surface area contributed by atoms with Crippen LogP contribution in [0.15, 0.2) is 0 Å². The van der Waals surface area contributed by atoms with E-state index in [1.54, 1.807) is 11.8 Å². The number of hydrogen-bond donors (Lipinski definition) is 2. The topological polar surface area (TPSA) is 69.8 Å². The maximum Gasteiger partial charge on any atom is 0.242 e. The van der Waals surface area contributed by atoms with Crippen LogP contribution < -0.4 is 5.73 Å². The summed E-state index contributed by atoms with van der Waals surface area (Å²) in [5, 5.41) is 9.72. The molecule has 0 radical (unpaired) electrons. The number of nitrogens with two attached hydrogens (primary N) is 1. The number of aliphatic hydroxyl groups excluding tert-OH is 1. The monoisotopic (exact) mass is 243 g/mol. The average Bonchev–Trinajstić information content (AvgIpc) is 2.57. The summed E-state index contributed by atoms with van der Waals surface area (Å²) in [6.07, 6.45) is 0.827. The van der Waals surface area contributed by atoms with Crippen molar-refractivity contribution in [1.29, 1.82) is 0 Å². The van der Waals surface area contributed by atoms with Crippen LogP contribution in [-0.4, -0.2) is 65.7 Å². The van der Waals surface area contributed by atoms with Crippen LogP contribution in [0.25, 0.3) is 0 Å². The van der Waals surface area contributed by atoms with Crippen LogP contribution in [-0.2, 0) is 4.79 Å². The minimum absolute atomic E-state index is 0.0524. The molecule has 1 amide bonds. The smallest absolute Gasteiger partial charge is 0.242 e. The molecule has 100 valence electrons. The Morgan fingerprint density at radius 3 is 2.65 bits per heavy atom. The van der Waals surface area contributed by atoms with Gasteiger partial charge < -0.3 is 20.6 Å². The fourth-order valence-corrected chi connectivity index (χ4v) is 2.21. The third kappa shape index (κ3) is 3.40. The fraction of sp³-hybridized carbons (Fsp3) is 0.917. The molecule has 1 aliphatic heterocycles. The first-order valence-electron chi connectivity index (χ1n) is 6.20. The Morgan fingerprint density at radius 2 is 2.18 bits per heavy atom. The van der Waals surface area contributed by atoms with Gasteiger partial charge in [0, 0.05) is 19.1 Å². The predicted octanol–water partition coefficient (Wildman–Crippen LogP) is -0.363. The largest absolute Gasteiger partial charge is 0.391 e. The van der Waals surface area contributed by atoms with Crippen molar-refractivity contribution in [3.63, 3.8) is 0 Å². The van der Waals surface area contributed by atoms with Crippen molar-refractivity contribution >= 4 is 5.91 Å². The third-order valence-electron chi connectivity index (χ3n) is 3.45. The van der Waals surface area contributed by atoms with Gasteiger partial charge in [0.2, 0.25) is 5.91 Å². The summed E-state index contributed by atoms with van der Waals surface area (Å²) in [7, 11) is 3.93. The van der Waals surface area contributed by atoms with Gasteiger partial charge in [0.1, 0.15) is 0 Å². The standard InChI is InChI=1S/C12H25N3O2/c1-5-12(2,13)11(17)15-8-10(16)6-9(15)7-14(3)4/h9-10,16H,5-8,13H2,1-4H3. The van der Waals surface area contributed by atoms with Gasteiger partial charge in [-0.1, -0.05) is 6.92 Å². The maximum atomic E-state index is 12.3. The lowest BCUT2D eigenvalue weighted by atomic mass is 9.98. The van der Waals surface area contributed by atoms with Crippen molar-refractivity contribution in [1.82, 2.24) is 9.80 Å². The van der Waals surface area contributed by atoms with E-state index in [4.69, 9.17) is 5.73 Å². The van der Waals surface area contributed by atoms with Crippen molar-refractivity contribution in [2.45, 2.75) is 44.4 Å². The van der Waals surface area contributed by atoms with Crippen LogP contribution in [0, 0.1) is 0 Å². The molecule has 5 nitrogen and oxygen atoms in total. The zero-order valence-electron chi connectivity index (χ0n) is 11.3. The molecule has 17 heavy (non-hydrogen) atoms. The summed E-state index contributed by atoms with van der Waals surface area (Å²) in [4.78, 5) is 16.1. The highest BCUT2D eigenvalue weighted by atomic mass is 16.3. The van der Waals surface area contributed by atoms with Crippen LogP contribution >= 0.6 is 0 Å². The van der Waals surface area contributed by atoms with E-state index in [0.29, 0.717) is 19.4 Å². The Morgan fingerprint density at radius 1 is 1.59 bits per heavy atom. The normalized spacial score (nSPS) is 28.5. The number of rotatable bonds is 4. The molecule has 1 heterocycles. The number of amides is 1. The summed E-state index contributed by atoms with van der Waals surface area (Å²) < 4.78 is 0. The maximum absolute atomic E-state index is 12.3. The van der Waals surface area contributed by atoms with E-state index in [2.05, 4.69) is 0 Å². The van der Waals surface area contributed by atoms with Crippen LogP contribution in [0.5, 0.6) is 0 Å². The van der Waals surface area contributed by atoms with E-state index in [1.165, 1.54) is 0 Å². The molecule has 0 aromatic rings. The highest BCUT2D eigenvalue weighted by molar-refractivity contribution is 5.86. The molecule has 0 aromatic carbocycles. The van der Waals surface area contributed by atoms with Gasteiger partial charge in [-0.25, -0.2) is 0 Å². The first-order chi connectivity index (χ1) is 7.77. The van der Waals surface area contributed by atoms with Crippen molar-refractivity contribution in [3.8, 4) is 0 Å². The Balaban J connectivity index is 2.76. The van der Waals surface area contributed by atoms with E-state index in [1.807, 2.05) is 25.9 Å². The number of nitrogens with zero attached hydrogens (tertiary/aromatic N) is 2. The Kier molecular flexibility index (Phi) is 4.52. The van der Waals surface area contributed by atoms with Gasteiger partial charge in [-0.2, -0.15) is 0 Å². The zero-order chi connectivity index (χ0) is 13.2. The van der Waals surface area contributed by atoms with E-state index in [9.17, 15) is 9.90 Å². The number of aliphatic hydroxyl groups is 1. The van der Waals surface area contributed by atoms with Crippen molar-refractivity contribution in [2.24, 2.45) is 5.73 Å². The number of likely N-dealkylation sites (tertiary alicyclic amines) is 1. The van der Waals surface area contributed by atoms with Gasteiger partial charge in [0.25, 0.3) is 0 Å². The quantitative estimate of drug-likeness (QED) is 0.707. The molecule has 5 heteroatoms. The highest BCUT2D eigenvalue weighted by Gasteiger charge is 2.40. The molecule has 0 aromatic heterocycles. The SMILES string of the molecule is CCC(C)(N)C(=O)N1CC(O)CC1CN(C)C. The molecule has 3 unspecified atom stereocenters. The molecule has 0 bridgehead atoms. The van der Waals surface area contributed by atoms with Gasteiger partial charge in [-0.15, -0.1) is 0 Å². The highest BCUT2D eigenvalue weighted by Crippen LogP contribution is 2.22. The van der Waals surface area contributed by atoms with Crippen molar-refractivity contribution < 1.29 is 9.90 Å². The van der Waals surface area contributed by atoms with Crippen LogP contribution in [0.1, 0.15) is 26.7 Å². The third-order valence-corrected chi connectivity index (χ3v) is 3.45. The van der Waals surface area contributed by atoms with E-state index in [-0.39, 0.29) is 11.9 Å². The molecular formula is C12H25N3O2. The van der Waals surface area contributed by atoms with Gasteiger partial charge in [0.05, 0.1) is 11.6 Å². The average molecular weight is 243 g/mol. The van der Waals surface area contributed by atoms with Gasteiger partial charge in [0.15, 0.2) is 0 Å². The minimum atomic E-state index is -0.825. The Hall–Kier alpha value is -0.650. The van der Waals surface area contributed by atoms with Crippen LogP contribution in [0.4, 0.5) is 0 Å². The van der Waals surface area contributed by atoms with Crippen molar-refractivity contribution in [2.75, 3.05) is 27.2 Å².